The molecule has 0 bridgehead atoms. The molecule has 0 aliphatic rings. The smallest absolute Gasteiger partial charge is 0.407 e. The number of aromatic nitrogens is 4. The number of anilines is 1. The van der Waals surface area contributed by atoms with Gasteiger partial charge < -0.3 is 30.8 Å². The number of ether oxygens (including phenoxy) is 2. The second-order valence-electron chi connectivity index (χ2n) is 9.36. The van der Waals surface area contributed by atoms with Crippen LogP contribution in [0.15, 0.2) is 42.5 Å². The van der Waals surface area contributed by atoms with Crippen molar-refractivity contribution >= 4 is 40.8 Å². The van der Waals surface area contributed by atoms with Gasteiger partial charge in [0.1, 0.15) is 23.6 Å². The first-order chi connectivity index (χ1) is 20.1. The van der Waals surface area contributed by atoms with E-state index in [1.165, 1.54) is 19.2 Å². The molecular formula is C28H32N8O6. The maximum Gasteiger partial charge on any atom is 0.407 e. The van der Waals surface area contributed by atoms with E-state index in [0.29, 0.717) is 58.8 Å². The number of aryl methyl sites for hydroxylation is 3. The zero-order valence-electron chi connectivity index (χ0n) is 23.5. The quantitative estimate of drug-likeness (QED) is 0.184. The summed E-state index contributed by atoms with van der Waals surface area (Å²) < 4.78 is 14.1. The van der Waals surface area contributed by atoms with Crippen molar-refractivity contribution in [2.45, 2.75) is 40.0 Å². The highest BCUT2D eigenvalue weighted by molar-refractivity contribution is 6.04. The van der Waals surface area contributed by atoms with E-state index in [0.717, 1.165) is 0 Å². The Morgan fingerprint density at radius 3 is 2.48 bits per heavy atom. The van der Waals surface area contributed by atoms with Crippen molar-refractivity contribution in [2.75, 3.05) is 19.0 Å². The number of hydrogen-bond acceptors (Lipinski definition) is 8. The summed E-state index contributed by atoms with van der Waals surface area (Å²) in [5.74, 6) is -1.08. The average molecular weight is 577 g/mol. The van der Waals surface area contributed by atoms with Crippen LogP contribution in [-0.2, 0) is 24.4 Å². The molecule has 4 rings (SSSR count). The molecule has 0 atom stereocenters. The first-order valence-corrected chi connectivity index (χ1v) is 13.1. The molecule has 0 aliphatic carbocycles. The van der Waals surface area contributed by atoms with Crippen molar-refractivity contribution in [1.29, 1.82) is 0 Å². The van der Waals surface area contributed by atoms with Crippen LogP contribution in [0.25, 0.3) is 11.0 Å². The van der Waals surface area contributed by atoms with E-state index in [-0.39, 0.29) is 24.7 Å². The molecule has 42 heavy (non-hydrogen) atoms. The number of primary amides is 2. The summed E-state index contributed by atoms with van der Waals surface area (Å²) in [7, 11) is 1.45. The standard InChI is InChI=1S/C28H32N8O6/c1-4-36-21(11-16(2)34-36)26(39)33-27-32-20-13-19(25(30)38)14-22(41-3)23(20)35(27)10-6-9-31-28(40)42-15-17-7-5-8-18(12-17)24(29)37/h5,7-8,11-14H,4,6,9-10,15H2,1-3H3,(H2,29,37)(H2,30,38)(H,31,40)(H,32,33,39). The van der Waals surface area contributed by atoms with Gasteiger partial charge in [-0.2, -0.15) is 5.10 Å². The molecule has 14 heteroatoms. The molecule has 2 heterocycles. The zero-order chi connectivity index (χ0) is 30.4. The van der Waals surface area contributed by atoms with Gasteiger partial charge in [-0.15, -0.1) is 0 Å². The van der Waals surface area contributed by atoms with Gasteiger partial charge in [0.05, 0.1) is 18.3 Å². The summed E-state index contributed by atoms with van der Waals surface area (Å²) in [4.78, 5) is 53.3. The van der Waals surface area contributed by atoms with Gasteiger partial charge in [-0.05, 0) is 56.2 Å². The van der Waals surface area contributed by atoms with E-state index in [1.54, 1.807) is 46.5 Å². The molecule has 0 spiro atoms. The summed E-state index contributed by atoms with van der Waals surface area (Å²) in [6.07, 6.45) is -0.219. The van der Waals surface area contributed by atoms with Crippen LogP contribution in [0.2, 0.25) is 0 Å². The van der Waals surface area contributed by atoms with Gasteiger partial charge in [0.25, 0.3) is 5.91 Å². The van der Waals surface area contributed by atoms with Gasteiger partial charge in [-0.3, -0.25) is 24.4 Å². The zero-order valence-corrected chi connectivity index (χ0v) is 23.5. The van der Waals surface area contributed by atoms with E-state index in [1.807, 2.05) is 6.92 Å². The van der Waals surface area contributed by atoms with Gasteiger partial charge in [0, 0.05) is 30.8 Å². The van der Waals surface area contributed by atoms with Crippen LogP contribution in [0.3, 0.4) is 0 Å². The minimum Gasteiger partial charge on any atom is -0.494 e. The van der Waals surface area contributed by atoms with Gasteiger partial charge in [0.15, 0.2) is 0 Å². The number of imidazole rings is 1. The number of carbonyl (C=O) groups is 4. The third-order valence-electron chi connectivity index (χ3n) is 6.38. The summed E-state index contributed by atoms with van der Waals surface area (Å²) in [6.45, 7) is 4.68. The third-order valence-corrected chi connectivity index (χ3v) is 6.38. The second kappa shape index (κ2) is 12.8. The molecule has 0 radical (unpaired) electrons. The van der Waals surface area contributed by atoms with Gasteiger partial charge in [-0.25, -0.2) is 9.78 Å². The highest BCUT2D eigenvalue weighted by Crippen LogP contribution is 2.31. The summed E-state index contributed by atoms with van der Waals surface area (Å²) in [6, 6.07) is 11.2. The third kappa shape index (κ3) is 6.66. The summed E-state index contributed by atoms with van der Waals surface area (Å²) >= 11 is 0. The maximum atomic E-state index is 13.2. The Kier molecular flexibility index (Phi) is 9.05. The number of rotatable bonds is 12. The number of nitrogens with one attached hydrogen (secondary N) is 2. The number of fused-ring (bicyclic) bond motifs is 1. The van der Waals surface area contributed by atoms with E-state index in [2.05, 4.69) is 20.7 Å². The predicted molar refractivity (Wildman–Crippen MR) is 153 cm³/mol. The number of carbonyl (C=O) groups excluding carboxylic acids is 4. The first kappa shape index (κ1) is 29.6. The Balaban J connectivity index is 1.49. The van der Waals surface area contributed by atoms with E-state index in [9.17, 15) is 19.2 Å². The van der Waals surface area contributed by atoms with Gasteiger partial charge in [0.2, 0.25) is 17.8 Å². The molecule has 0 unspecified atom stereocenters. The van der Waals surface area contributed by atoms with E-state index >= 15 is 0 Å². The molecular weight excluding hydrogens is 544 g/mol. The van der Waals surface area contributed by atoms with Crippen LogP contribution in [0.1, 0.15) is 55.8 Å². The topological polar surface area (TPSA) is 198 Å². The lowest BCUT2D eigenvalue weighted by Gasteiger charge is -2.13. The van der Waals surface area contributed by atoms with Crippen molar-refractivity contribution in [2.24, 2.45) is 11.5 Å². The highest BCUT2D eigenvalue weighted by Gasteiger charge is 2.21. The van der Waals surface area contributed by atoms with Crippen LogP contribution < -0.4 is 26.8 Å². The lowest BCUT2D eigenvalue weighted by molar-refractivity contribution is 0.0991. The van der Waals surface area contributed by atoms with Crippen molar-refractivity contribution in [1.82, 2.24) is 24.6 Å². The maximum absolute atomic E-state index is 13.2. The number of methoxy groups -OCH3 is 1. The molecule has 0 aliphatic heterocycles. The van der Waals surface area contributed by atoms with Crippen molar-refractivity contribution in [3.63, 3.8) is 0 Å². The van der Waals surface area contributed by atoms with Gasteiger partial charge in [-0.1, -0.05) is 12.1 Å². The summed E-state index contributed by atoms with van der Waals surface area (Å²) in [5.41, 5.74) is 13.9. The molecule has 6 N–H and O–H groups in total. The Morgan fingerprint density at radius 2 is 1.79 bits per heavy atom. The number of amides is 4. The minimum atomic E-state index is -0.651. The lowest BCUT2D eigenvalue weighted by Crippen LogP contribution is -2.26. The van der Waals surface area contributed by atoms with Crippen LogP contribution in [0.5, 0.6) is 5.75 Å². The fourth-order valence-electron chi connectivity index (χ4n) is 4.42. The van der Waals surface area contributed by atoms with Crippen LogP contribution in [0, 0.1) is 6.92 Å². The van der Waals surface area contributed by atoms with Crippen LogP contribution >= 0.6 is 0 Å². The average Bonchev–Trinajstić information content (AvgIpc) is 3.53. The summed E-state index contributed by atoms with van der Waals surface area (Å²) in [5, 5.41) is 9.84. The Morgan fingerprint density at radius 1 is 1.02 bits per heavy atom. The van der Waals surface area contributed by atoms with Gasteiger partial charge >= 0.3 is 6.09 Å². The van der Waals surface area contributed by atoms with E-state index < -0.39 is 23.8 Å². The molecule has 4 aromatic rings. The number of hydrogen-bond donors (Lipinski definition) is 4. The number of nitrogens with two attached hydrogens (primary N) is 2. The predicted octanol–water partition coefficient (Wildman–Crippen LogP) is 2.34. The molecule has 0 saturated carbocycles. The van der Waals surface area contributed by atoms with E-state index in [4.69, 9.17) is 20.9 Å². The van der Waals surface area contributed by atoms with Crippen LogP contribution in [-0.4, -0.2) is 56.8 Å². The fraction of sp³-hybridized carbons (Fsp3) is 0.286. The molecule has 0 fully saturated rings. The molecule has 2 aromatic heterocycles. The SMILES string of the molecule is CCn1nc(C)cc1C(=O)Nc1nc2cc(C(N)=O)cc(OC)c2n1CCCNC(=O)OCc1cccc(C(N)=O)c1. The van der Waals surface area contributed by atoms with Crippen molar-refractivity contribution in [3.05, 3.63) is 70.5 Å². The Labute approximate surface area is 241 Å². The number of alkyl carbamates (subject to hydrolysis) is 1. The highest BCUT2D eigenvalue weighted by atomic mass is 16.5. The normalized spacial score (nSPS) is 10.8. The molecule has 220 valence electrons. The van der Waals surface area contributed by atoms with Crippen molar-refractivity contribution in [3.8, 4) is 5.75 Å². The largest absolute Gasteiger partial charge is 0.494 e. The Bertz CT molecular complexity index is 1660. The Hall–Kier alpha value is -5.40. The molecule has 0 saturated heterocycles. The first-order valence-electron chi connectivity index (χ1n) is 13.1. The molecule has 4 amide bonds. The number of nitrogens with zero attached hydrogens (tertiary/aromatic N) is 4. The lowest BCUT2D eigenvalue weighted by atomic mass is 10.1. The van der Waals surface area contributed by atoms with Crippen molar-refractivity contribution < 1.29 is 28.7 Å². The molecule has 14 nitrogen and oxygen atoms in total. The molecule has 2 aromatic carbocycles. The van der Waals surface area contributed by atoms with Crippen LogP contribution in [0.4, 0.5) is 10.7 Å². The fourth-order valence-corrected chi connectivity index (χ4v) is 4.42. The number of benzene rings is 2. The minimum absolute atomic E-state index is 0.0392. The monoisotopic (exact) mass is 576 g/mol. The second-order valence-corrected chi connectivity index (χ2v) is 9.36.